The highest BCUT2D eigenvalue weighted by Crippen LogP contribution is 2.26. The van der Waals surface area contributed by atoms with Gasteiger partial charge in [0.1, 0.15) is 0 Å². The van der Waals surface area contributed by atoms with Crippen LogP contribution in [-0.4, -0.2) is 16.3 Å². The van der Waals surface area contributed by atoms with Gasteiger partial charge in [-0.15, -0.1) is 0 Å². The highest BCUT2D eigenvalue weighted by atomic mass is 35.5. The first-order valence-corrected chi connectivity index (χ1v) is 7.01. The number of aryl methyl sites for hydroxylation is 1. The Labute approximate surface area is 123 Å². The summed E-state index contributed by atoms with van der Waals surface area (Å²) in [5.74, 6) is 0. The van der Waals surface area contributed by atoms with E-state index in [1.807, 2.05) is 31.6 Å². The van der Waals surface area contributed by atoms with Crippen LogP contribution in [0.15, 0.2) is 30.6 Å². The topological polar surface area (TPSA) is 29.9 Å². The van der Waals surface area contributed by atoms with Gasteiger partial charge in [-0.3, -0.25) is 4.68 Å². The lowest BCUT2D eigenvalue weighted by Gasteiger charge is -2.17. The Hall–Kier alpha value is -1.03. The summed E-state index contributed by atoms with van der Waals surface area (Å²) >= 11 is 12.3. The predicted molar refractivity (Wildman–Crippen MR) is 79.8 cm³/mol. The number of rotatable bonds is 5. The minimum atomic E-state index is 0.190. The molecule has 3 nitrogen and oxygen atoms in total. The van der Waals surface area contributed by atoms with Crippen molar-refractivity contribution in [2.45, 2.75) is 19.4 Å². The summed E-state index contributed by atoms with van der Waals surface area (Å²) in [5.41, 5.74) is 2.20. The minimum absolute atomic E-state index is 0.190. The molecule has 0 radical (unpaired) electrons. The first-order chi connectivity index (χ1) is 9.10. The van der Waals surface area contributed by atoms with E-state index < -0.39 is 0 Å². The number of benzene rings is 1. The predicted octanol–water partition coefficient (Wildman–Crippen LogP) is 3.62. The van der Waals surface area contributed by atoms with Crippen LogP contribution in [0.5, 0.6) is 0 Å². The third kappa shape index (κ3) is 3.72. The lowest BCUT2D eigenvalue weighted by atomic mass is 10.0. The second kappa shape index (κ2) is 6.42. The first-order valence-electron chi connectivity index (χ1n) is 6.26. The van der Waals surface area contributed by atoms with Gasteiger partial charge in [0.2, 0.25) is 0 Å². The summed E-state index contributed by atoms with van der Waals surface area (Å²) in [6, 6.07) is 5.75. The molecular formula is C14H17Cl2N3. The molecular weight excluding hydrogens is 281 g/mol. The number of halogens is 2. The van der Waals surface area contributed by atoms with Crippen LogP contribution < -0.4 is 5.32 Å². The van der Waals surface area contributed by atoms with Gasteiger partial charge in [-0.2, -0.15) is 5.10 Å². The van der Waals surface area contributed by atoms with E-state index in [0.717, 1.165) is 29.1 Å². The number of likely N-dealkylation sites (N-methyl/N-ethyl adjacent to an activating group) is 1. The van der Waals surface area contributed by atoms with Crippen LogP contribution in [0.4, 0.5) is 0 Å². The van der Waals surface area contributed by atoms with Crippen molar-refractivity contribution in [1.82, 2.24) is 15.1 Å². The molecule has 0 aliphatic heterocycles. The molecule has 5 heteroatoms. The molecule has 2 aromatic rings. The standard InChI is InChI=1S/C14H17Cl2N3/c1-3-17-14(11-8-18-19(2)9-11)7-10-6-12(15)4-5-13(10)16/h4-6,8-9,14,17H,3,7H2,1-2H3. The van der Waals surface area contributed by atoms with E-state index in [-0.39, 0.29) is 6.04 Å². The Morgan fingerprint density at radius 3 is 2.79 bits per heavy atom. The largest absolute Gasteiger partial charge is 0.310 e. The van der Waals surface area contributed by atoms with E-state index >= 15 is 0 Å². The molecule has 102 valence electrons. The molecule has 1 heterocycles. The molecule has 0 amide bonds. The van der Waals surface area contributed by atoms with Crippen molar-refractivity contribution in [3.63, 3.8) is 0 Å². The highest BCUT2D eigenvalue weighted by molar-refractivity contribution is 6.33. The fraction of sp³-hybridized carbons (Fsp3) is 0.357. The number of hydrogen-bond acceptors (Lipinski definition) is 2. The van der Waals surface area contributed by atoms with Crippen LogP contribution >= 0.6 is 23.2 Å². The van der Waals surface area contributed by atoms with Gasteiger partial charge in [-0.25, -0.2) is 0 Å². The Morgan fingerprint density at radius 2 is 2.16 bits per heavy atom. The Morgan fingerprint density at radius 1 is 1.37 bits per heavy atom. The molecule has 0 fully saturated rings. The van der Waals surface area contributed by atoms with Gasteiger partial charge >= 0.3 is 0 Å². The number of nitrogens with one attached hydrogen (secondary N) is 1. The van der Waals surface area contributed by atoms with Gasteiger partial charge in [0.05, 0.1) is 6.20 Å². The van der Waals surface area contributed by atoms with Crippen LogP contribution in [0.3, 0.4) is 0 Å². The average Bonchev–Trinajstić information content (AvgIpc) is 2.80. The second-order valence-corrected chi connectivity index (χ2v) is 5.34. The van der Waals surface area contributed by atoms with E-state index in [0.29, 0.717) is 5.02 Å². The molecule has 0 spiro atoms. The van der Waals surface area contributed by atoms with Gasteiger partial charge in [0.25, 0.3) is 0 Å². The van der Waals surface area contributed by atoms with Crippen molar-refractivity contribution in [3.8, 4) is 0 Å². The quantitative estimate of drug-likeness (QED) is 0.913. The zero-order valence-electron chi connectivity index (χ0n) is 11.0. The van der Waals surface area contributed by atoms with Crippen LogP contribution in [0.1, 0.15) is 24.1 Å². The molecule has 1 aromatic heterocycles. The molecule has 0 saturated carbocycles. The maximum absolute atomic E-state index is 6.23. The van der Waals surface area contributed by atoms with E-state index in [1.54, 1.807) is 10.7 Å². The summed E-state index contributed by atoms with van der Waals surface area (Å²) in [7, 11) is 1.92. The highest BCUT2D eigenvalue weighted by Gasteiger charge is 2.14. The average molecular weight is 298 g/mol. The van der Waals surface area contributed by atoms with Gasteiger partial charge in [-0.1, -0.05) is 30.1 Å². The Balaban J connectivity index is 2.23. The van der Waals surface area contributed by atoms with Crippen LogP contribution in [-0.2, 0) is 13.5 Å². The van der Waals surface area contributed by atoms with Crippen molar-refractivity contribution in [2.75, 3.05) is 6.54 Å². The number of hydrogen-bond donors (Lipinski definition) is 1. The van der Waals surface area contributed by atoms with Crippen molar-refractivity contribution in [1.29, 1.82) is 0 Å². The number of nitrogens with zero attached hydrogens (tertiary/aromatic N) is 2. The molecule has 0 saturated heterocycles. The van der Waals surface area contributed by atoms with E-state index in [2.05, 4.69) is 17.3 Å². The fourth-order valence-electron chi connectivity index (χ4n) is 2.09. The maximum Gasteiger partial charge on any atom is 0.0537 e. The van der Waals surface area contributed by atoms with Crippen molar-refractivity contribution < 1.29 is 0 Å². The second-order valence-electron chi connectivity index (χ2n) is 4.50. The van der Waals surface area contributed by atoms with E-state index in [1.165, 1.54) is 0 Å². The molecule has 1 aromatic carbocycles. The molecule has 2 rings (SSSR count). The summed E-state index contributed by atoms with van der Waals surface area (Å²) < 4.78 is 1.80. The molecule has 1 unspecified atom stereocenters. The molecule has 0 bridgehead atoms. The fourth-order valence-corrected chi connectivity index (χ4v) is 2.48. The third-order valence-electron chi connectivity index (χ3n) is 3.01. The van der Waals surface area contributed by atoms with Gasteiger partial charge in [-0.05, 0) is 36.7 Å². The SMILES string of the molecule is CCNC(Cc1cc(Cl)ccc1Cl)c1cnn(C)c1. The van der Waals surface area contributed by atoms with Crippen molar-refractivity contribution in [3.05, 3.63) is 51.8 Å². The van der Waals surface area contributed by atoms with Crippen molar-refractivity contribution >= 4 is 23.2 Å². The maximum atomic E-state index is 6.23. The monoisotopic (exact) mass is 297 g/mol. The van der Waals surface area contributed by atoms with Crippen LogP contribution in [0.25, 0.3) is 0 Å². The van der Waals surface area contributed by atoms with E-state index in [9.17, 15) is 0 Å². The molecule has 19 heavy (non-hydrogen) atoms. The lowest BCUT2D eigenvalue weighted by Crippen LogP contribution is -2.22. The first kappa shape index (κ1) is 14.4. The molecule has 0 aliphatic rings. The smallest absolute Gasteiger partial charge is 0.0537 e. The van der Waals surface area contributed by atoms with Crippen molar-refractivity contribution in [2.24, 2.45) is 7.05 Å². The van der Waals surface area contributed by atoms with Crippen LogP contribution in [0, 0.1) is 0 Å². The molecule has 0 aliphatic carbocycles. The summed E-state index contributed by atoms with van der Waals surface area (Å²) in [6.45, 7) is 2.97. The lowest BCUT2D eigenvalue weighted by molar-refractivity contribution is 0.549. The van der Waals surface area contributed by atoms with E-state index in [4.69, 9.17) is 23.2 Å². The number of aromatic nitrogens is 2. The van der Waals surface area contributed by atoms with Gasteiger partial charge in [0, 0.05) is 34.9 Å². The molecule has 1 atom stereocenters. The van der Waals surface area contributed by atoms with Crippen LogP contribution in [0.2, 0.25) is 10.0 Å². The minimum Gasteiger partial charge on any atom is -0.310 e. The zero-order valence-corrected chi connectivity index (χ0v) is 12.5. The van der Waals surface area contributed by atoms with Gasteiger partial charge < -0.3 is 5.32 Å². The summed E-state index contributed by atoms with van der Waals surface area (Å²) in [4.78, 5) is 0. The Kier molecular flexibility index (Phi) is 4.86. The third-order valence-corrected chi connectivity index (χ3v) is 3.61. The summed E-state index contributed by atoms with van der Waals surface area (Å²) in [6.07, 6.45) is 4.69. The zero-order chi connectivity index (χ0) is 13.8. The normalized spacial score (nSPS) is 12.6. The Bertz CT molecular complexity index is 551. The summed E-state index contributed by atoms with van der Waals surface area (Å²) in [5, 5.41) is 9.13. The van der Waals surface area contributed by atoms with Gasteiger partial charge in [0.15, 0.2) is 0 Å². The molecule has 1 N–H and O–H groups in total.